The van der Waals surface area contributed by atoms with E-state index in [1.165, 1.54) is 11.3 Å². The fourth-order valence-electron chi connectivity index (χ4n) is 2.90. The van der Waals surface area contributed by atoms with Crippen molar-refractivity contribution in [2.45, 2.75) is 50.8 Å². The second-order valence-corrected chi connectivity index (χ2v) is 9.95. The Kier molecular flexibility index (Phi) is 5.13. The average Bonchev–Trinajstić information content (AvgIpc) is 2.73. The summed E-state index contributed by atoms with van der Waals surface area (Å²) < 4.78 is 27.5. The number of nitrogens with zero attached hydrogens (tertiary/aromatic N) is 1. The maximum absolute atomic E-state index is 12.7. The molecule has 2 heterocycles. The van der Waals surface area contributed by atoms with E-state index in [1.807, 2.05) is 5.38 Å². The summed E-state index contributed by atoms with van der Waals surface area (Å²) in [7, 11) is -3.35. The molecule has 0 aromatic carbocycles. The van der Waals surface area contributed by atoms with Crippen LogP contribution in [0.1, 0.15) is 45.6 Å². The molecular weight excluding hydrogens is 304 g/mol. The van der Waals surface area contributed by atoms with Gasteiger partial charge < -0.3 is 5.73 Å². The van der Waals surface area contributed by atoms with E-state index >= 15 is 0 Å². The van der Waals surface area contributed by atoms with Crippen molar-refractivity contribution >= 4 is 21.4 Å². The zero-order chi connectivity index (χ0) is 15.7. The highest BCUT2D eigenvalue weighted by Gasteiger charge is 2.32. The molecule has 4 nitrogen and oxygen atoms in total. The molecule has 1 unspecified atom stereocenters. The van der Waals surface area contributed by atoms with Gasteiger partial charge in [-0.3, -0.25) is 0 Å². The largest absolute Gasteiger partial charge is 0.326 e. The van der Waals surface area contributed by atoms with E-state index < -0.39 is 10.0 Å². The van der Waals surface area contributed by atoms with Crippen molar-refractivity contribution in [2.75, 3.05) is 13.1 Å². The summed E-state index contributed by atoms with van der Waals surface area (Å²) in [5.74, 6) is 0.584. The molecule has 2 N–H and O–H groups in total. The molecule has 1 aliphatic heterocycles. The lowest BCUT2D eigenvalue weighted by Crippen LogP contribution is -2.32. The average molecular weight is 331 g/mol. The van der Waals surface area contributed by atoms with E-state index in [1.54, 1.807) is 10.4 Å². The van der Waals surface area contributed by atoms with E-state index in [0.717, 1.165) is 24.8 Å². The number of hydrogen-bond acceptors (Lipinski definition) is 4. The van der Waals surface area contributed by atoms with Crippen LogP contribution in [0.25, 0.3) is 0 Å². The monoisotopic (exact) mass is 330 g/mol. The van der Waals surface area contributed by atoms with Crippen molar-refractivity contribution in [3.8, 4) is 0 Å². The van der Waals surface area contributed by atoms with Crippen molar-refractivity contribution in [2.24, 2.45) is 17.1 Å². The summed E-state index contributed by atoms with van der Waals surface area (Å²) in [4.78, 5) is 0. The Bertz CT molecular complexity index is 573. The van der Waals surface area contributed by atoms with E-state index in [0.29, 0.717) is 29.8 Å². The van der Waals surface area contributed by atoms with Crippen LogP contribution in [0.3, 0.4) is 0 Å². The van der Waals surface area contributed by atoms with Crippen LogP contribution in [0.5, 0.6) is 0 Å². The normalized spacial score (nSPS) is 22.2. The van der Waals surface area contributed by atoms with E-state index in [-0.39, 0.29) is 5.41 Å². The number of nitrogens with two attached hydrogens (primary N) is 1. The quantitative estimate of drug-likeness (QED) is 0.926. The second kappa shape index (κ2) is 6.36. The summed E-state index contributed by atoms with van der Waals surface area (Å²) in [5.41, 5.74) is 6.71. The first-order valence-corrected chi connectivity index (χ1v) is 9.85. The van der Waals surface area contributed by atoms with Gasteiger partial charge in [0.05, 0.1) is 0 Å². The molecule has 0 radical (unpaired) electrons. The Morgan fingerprint density at radius 3 is 2.62 bits per heavy atom. The fourth-order valence-corrected chi connectivity index (χ4v) is 5.77. The van der Waals surface area contributed by atoms with Crippen LogP contribution in [0, 0.1) is 11.3 Å². The van der Waals surface area contributed by atoms with Crippen LogP contribution in [0.15, 0.2) is 15.7 Å². The van der Waals surface area contributed by atoms with Gasteiger partial charge in [-0.1, -0.05) is 20.8 Å². The first-order valence-electron chi connectivity index (χ1n) is 7.53. The number of thiophene rings is 1. The smallest absolute Gasteiger partial charge is 0.252 e. The summed E-state index contributed by atoms with van der Waals surface area (Å²) in [5, 5.41) is 1.84. The molecule has 1 aliphatic rings. The van der Waals surface area contributed by atoms with Gasteiger partial charge in [0.15, 0.2) is 0 Å². The molecule has 21 heavy (non-hydrogen) atoms. The van der Waals surface area contributed by atoms with Crippen LogP contribution >= 0.6 is 11.3 Å². The number of rotatable bonds is 3. The van der Waals surface area contributed by atoms with Crippen LogP contribution in [-0.2, 0) is 16.6 Å². The van der Waals surface area contributed by atoms with E-state index in [4.69, 9.17) is 5.73 Å². The van der Waals surface area contributed by atoms with Crippen molar-refractivity contribution in [1.29, 1.82) is 0 Å². The van der Waals surface area contributed by atoms with Gasteiger partial charge in [-0.25, -0.2) is 8.42 Å². The SMILES string of the molecule is CC(C)(C)C1CCCN(S(=O)(=O)c2cc(CN)cs2)CC1. The third-order valence-electron chi connectivity index (χ3n) is 4.37. The predicted octanol–water partition coefficient (Wildman–Crippen LogP) is 3.04. The Balaban J connectivity index is 2.14. The van der Waals surface area contributed by atoms with Crippen molar-refractivity contribution < 1.29 is 8.42 Å². The van der Waals surface area contributed by atoms with Crippen molar-refractivity contribution in [1.82, 2.24) is 4.31 Å². The molecule has 1 saturated heterocycles. The van der Waals surface area contributed by atoms with Gasteiger partial charge in [0.2, 0.25) is 0 Å². The third kappa shape index (κ3) is 3.86. The molecule has 2 rings (SSSR count). The zero-order valence-corrected chi connectivity index (χ0v) is 14.8. The Labute approximate surface area is 132 Å². The molecular formula is C15H26N2O2S2. The molecule has 6 heteroatoms. The maximum atomic E-state index is 12.7. The Morgan fingerprint density at radius 2 is 2.05 bits per heavy atom. The lowest BCUT2D eigenvalue weighted by molar-refractivity contribution is 0.217. The highest BCUT2D eigenvalue weighted by molar-refractivity contribution is 7.91. The van der Waals surface area contributed by atoms with Crippen LogP contribution < -0.4 is 5.73 Å². The van der Waals surface area contributed by atoms with Gasteiger partial charge >= 0.3 is 0 Å². The molecule has 1 aromatic heterocycles. The third-order valence-corrected chi connectivity index (χ3v) is 7.73. The fraction of sp³-hybridized carbons (Fsp3) is 0.733. The highest BCUT2D eigenvalue weighted by Crippen LogP contribution is 2.35. The number of hydrogen-bond donors (Lipinski definition) is 1. The van der Waals surface area contributed by atoms with Gasteiger partial charge in [-0.15, -0.1) is 11.3 Å². The summed E-state index contributed by atoms with van der Waals surface area (Å²) in [6.45, 7) is 8.38. The summed E-state index contributed by atoms with van der Waals surface area (Å²) >= 11 is 1.28. The second-order valence-electron chi connectivity index (χ2n) is 6.88. The van der Waals surface area contributed by atoms with Gasteiger partial charge in [0.25, 0.3) is 10.0 Å². The van der Waals surface area contributed by atoms with Gasteiger partial charge in [0, 0.05) is 19.6 Å². The van der Waals surface area contributed by atoms with Crippen LogP contribution in [-0.4, -0.2) is 25.8 Å². The molecule has 0 aliphatic carbocycles. The minimum atomic E-state index is -3.35. The zero-order valence-electron chi connectivity index (χ0n) is 13.1. The standard InChI is InChI=1S/C15H26N2O2S2/c1-15(2,3)13-5-4-7-17(8-6-13)21(18,19)14-9-12(10-16)11-20-14/h9,11,13H,4-8,10,16H2,1-3H3. The first-order chi connectivity index (χ1) is 9.75. The van der Waals surface area contributed by atoms with Gasteiger partial charge in [-0.05, 0) is 47.6 Å². The van der Waals surface area contributed by atoms with Crippen LogP contribution in [0.4, 0.5) is 0 Å². The molecule has 120 valence electrons. The Hall–Kier alpha value is -0.430. The lowest BCUT2D eigenvalue weighted by atomic mass is 9.77. The van der Waals surface area contributed by atoms with E-state index in [2.05, 4.69) is 20.8 Å². The van der Waals surface area contributed by atoms with Crippen LogP contribution in [0.2, 0.25) is 0 Å². The molecule has 0 spiro atoms. The molecule has 1 fully saturated rings. The number of sulfonamides is 1. The minimum absolute atomic E-state index is 0.245. The molecule has 0 bridgehead atoms. The van der Waals surface area contributed by atoms with Gasteiger partial charge in [-0.2, -0.15) is 4.31 Å². The van der Waals surface area contributed by atoms with E-state index in [9.17, 15) is 8.42 Å². The van der Waals surface area contributed by atoms with Crippen molar-refractivity contribution in [3.63, 3.8) is 0 Å². The molecule has 0 amide bonds. The first kappa shape index (κ1) is 16.9. The predicted molar refractivity (Wildman–Crippen MR) is 87.8 cm³/mol. The summed E-state index contributed by atoms with van der Waals surface area (Å²) in [6, 6.07) is 1.71. The highest BCUT2D eigenvalue weighted by atomic mass is 32.2. The van der Waals surface area contributed by atoms with Gasteiger partial charge in [0.1, 0.15) is 4.21 Å². The minimum Gasteiger partial charge on any atom is -0.326 e. The maximum Gasteiger partial charge on any atom is 0.252 e. The topological polar surface area (TPSA) is 63.4 Å². The molecule has 1 atom stereocenters. The molecule has 1 aromatic rings. The Morgan fingerprint density at radius 1 is 1.33 bits per heavy atom. The molecule has 0 saturated carbocycles. The lowest BCUT2D eigenvalue weighted by Gasteiger charge is -2.29. The summed E-state index contributed by atoms with van der Waals surface area (Å²) in [6.07, 6.45) is 2.99. The van der Waals surface area contributed by atoms with Crippen molar-refractivity contribution in [3.05, 3.63) is 17.0 Å².